The second-order valence-corrected chi connectivity index (χ2v) is 8.15. The van der Waals surface area contributed by atoms with E-state index in [9.17, 15) is 4.79 Å². The second-order valence-electron chi connectivity index (χ2n) is 8.15. The Bertz CT molecular complexity index is 974. The van der Waals surface area contributed by atoms with Crippen molar-refractivity contribution in [3.05, 3.63) is 95.6 Å². The van der Waals surface area contributed by atoms with E-state index < -0.39 is 0 Å². The van der Waals surface area contributed by atoms with Crippen molar-refractivity contribution >= 4 is 11.7 Å². The molecule has 0 saturated carbocycles. The van der Waals surface area contributed by atoms with Crippen LogP contribution in [0.25, 0.3) is 0 Å². The molecule has 1 unspecified atom stereocenters. The van der Waals surface area contributed by atoms with Crippen LogP contribution in [0, 0.1) is 0 Å². The second kappa shape index (κ2) is 13.3. The summed E-state index contributed by atoms with van der Waals surface area (Å²) >= 11 is 0. The van der Waals surface area contributed by atoms with E-state index in [-0.39, 0.29) is 12.1 Å². The zero-order valence-corrected chi connectivity index (χ0v) is 19.6. The molecule has 3 aromatic rings. The van der Waals surface area contributed by atoms with Gasteiger partial charge >= 0.3 is 6.03 Å². The first-order chi connectivity index (χ1) is 16.2. The maximum absolute atomic E-state index is 11.7. The Morgan fingerprint density at radius 3 is 2.45 bits per heavy atom. The lowest BCUT2D eigenvalue weighted by Gasteiger charge is -2.20. The van der Waals surface area contributed by atoms with Gasteiger partial charge in [-0.05, 0) is 60.3 Å². The lowest BCUT2D eigenvalue weighted by molar-refractivity contribution is 0.254. The van der Waals surface area contributed by atoms with Crippen LogP contribution in [0.15, 0.2) is 78.9 Å². The molecule has 0 heterocycles. The van der Waals surface area contributed by atoms with Gasteiger partial charge in [-0.3, -0.25) is 0 Å². The molecule has 5 nitrogen and oxygen atoms in total. The summed E-state index contributed by atoms with van der Waals surface area (Å²) in [5.74, 6) is 0.886. The SMILES string of the molecule is CCCCC(NCCc1ccc(OCc2ccccc2)cc1)c1cccc(NC(=O)NC)c1. The Morgan fingerprint density at radius 2 is 1.73 bits per heavy atom. The minimum atomic E-state index is -0.207. The monoisotopic (exact) mass is 445 g/mol. The molecule has 3 aromatic carbocycles. The topological polar surface area (TPSA) is 62.4 Å². The molecule has 0 bridgehead atoms. The average Bonchev–Trinajstić information content (AvgIpc) is 2.86. The van der Waals surface area contributed by atoms with Crippen molar-refractivity contribution in [2.75, 3.05) is 18.9 Å². The van der Waals surface area contributed by atoms with E-state index in [4.69, 9.17) is 4.74 Å². The molecular weight excluding hydrogens is 410 g/mol. The fourth-order valence-corrected chi connectivity index (χ4v) is 3.71. The highest BCUT2D eigenvalue weighted by atomic mass is 16.5. The summed E-state index contributed by atoms with van der Waals surface area (Å²) < 4.78 is 5.89. The van der Waals surface area contributed by atoms with Gasteiger partial charge in [0.1, 0.15) is 12.4 Å². The number of anilines is 1. The molecule has 174 valence electrons. The van der Waals surface area contributed by atoms with E-state index in [0.717, 1.165) is 43.7 Å². The number of nitrogens with one attached hydrogen (secondary N) is 3. The van der Waals surface area contributed by atoms with E-state index in [1.165, 1.54) is 16.7 Å². The molecule has 0 aliphatic heterocycles. The summed E-state index contributed by atoms with van der Waals surface area (Å²) in [7, 11) is 1.62. The van der Waals surface area contributed by atoms with Crippen molar-refractivity contribution in [1.82, 2.24) is 10.6 Å². The van der Waals surface area contributed by atoms with E-state index in [2.05, 4.69) is 59.3 Å². The normalized spacial score (nSPS) is 11.6. The van der Waals surface area contributed by atoms with E-state index in [0.29, 0.717) is 6.61 Å². The van der Waals surface area contributed by atoms with Gasteiger partial charge in [-0.15, -0.1) is 0 Å². The Morgan fingerprint density at radius 1 is 0.939 bits per heavy atom. The number of unbranched alkanes of at least 4 members (excludes halogenated alkanes) is 1. The Kier molecular flexibility index (Phi) is 9.80. The first-order valence-corrected chi connectivity index (χ1v) is 11.8. The first-order valence-electron chi connectivity index (χ1n) is 11.8. The standard InChI is InChI=1S/C28H35N3O2/c1-3-4-13-27(24-11-8-12-25(20-24)31-28(32)29-2)30-19-18-22-14-16-26(17-15-22)33-21-23-9-6-5-7-10-23/h5-12,14-17,20,27,30H,3-4,13,18-19,21H2,1-2H3,(H2,29,31,32). The van der Waals surface area contributed by atoms with Crippen LogP contribution >= 0.6 is 0 Å². The van der Waals surface area contributed by atoms with Gasteiger partial charge in [-0.1, -0.05) is 74.4 Å². The molecule has 0 saturated heterocycles. The van der Waals surface area contributed by atoms with Crippen LogP contribution in [0.3, 0.4) is 0 Å². The zero-order chi connectivity index (χ0) is 23.3. The number of ether oxygens (including phenoxy) is 1. The van der Waals surface area contributed by atoms with E-state index >= 15 is 0 Å². The third-order valence-electron chi connectivity index (χ3n) is 5.60. The summed E-state index contributed by atoms with van der Waals surface area (Å²) in [5, 5.41) is 9.17. The number of carbonyl (C=O) groups excluding carboxylic acids is 1. The minimum absolute atomic E-state index is 0.207. The molecule has 2 amide bonds. The number of rotatable bonds is 12. The van der Waals surface area contributed by atoms with E-state index in [1.54, 1.807) is 7.05 Å². The number of hydrogen-bond donors (Lipinski definition) is 3. The third kappa shape index (κ3) is 8.28. The number of amides is 2. The molecule has 1 atom stereocenters. The molecule has 0 fully saturated rings. The van der Waals surface area contributed by atoms with Crippen LogP contribution in [0.2, 0.25) is 0 Å². The highest BCUT2D eigenvalue weighted by Gasteiger charge is 2.12. The molecule has 3 N–H and O–H groups in total. The molecule has 33 heavy (non-hydrogen) atoms. The molecule has 0 radical (unpaired) electrons. The van der Waals surface area contributed by atoms with Crippen LogP contribution in [0.1, 0.15) is 48.9 Å². The number of urea groups is 1. The van der Waals surface area contributed by atoms with Crippen molar-refractivity contribution < 1.29 is 9.53 Å². The lowest BCUT2D eigenvalue weighted by atomic mass is 10.00. The van der Waals surface area contributed by atoms with Gasteiger partial charge in [0.2, 0.25) is 0 Å². The van der Waals surface area contributed by atoms with Gasteiger partial charge in [-0.25, -0.2) is 4.79 Å². The summed E-state index contributed by atoms with van der Waals surface area (Å²) in [4.78, 5) is 11.7. The quantitative estimate of drug-likeness (QED) is 0.317. The lowest BCUT2D eigenvalue weighted by Crippen LogP contribution is -2.25. The van der Waals surface area contributed by atoms with E-state index in [1.807, 2.05) is 42.5 Å². The maximum Gasteiger partial charge on any atom is 0.318 e. The average molecular weight is 446 g/mol. The fourth-order valence-electron chi connectivity index (χ4n) is 3.71. The van der Waals surface area contributed by atoms with Crippen LogP contribution in [-0.4, -0.2) is 19.6 Å². The molecule has 0 spiro atoms. The molecule has 0 aliphatic rings. The van der Waals surface area contributed by atoms with Crippen molar-refractivity contribution in [1.29, 1.82) is 0 Å². The Hall–Kier alpha value is -3.31. The van der Waals surface area contributed by atoms with Gasteiger partial charge in [-0.2, -0.15) is 0 Å². The summed E-state index contributed by atoms with van der Waals surface area (Å²) in [6.45, 7) is 3.67. The molecule has 3 rings (SSSR count). The van der Waals surface area contributed by atoms with Crippen LogP contribution in [0.5, 0.6) is 5.75 Å². The number of carbonyl (C=O) groups is 1. The fraction of sp³-hybridized carbons (Fsp3) is 0.321. The predicted molar refractivity (Wildman–Crippen MR) is 136 cm³/mol. The highest BCUT2D eigenvalue weighted by Crippen LogP contribution is 2.23. The third-order valence-corrected chi connectivity index (χ3v) is 5.60. The summed E-state index contributed by atoms with van der Waals surface area (Å²) in [6.07, 6.45) is 4.31. The van der Waals surface area contributed by atoms with Crippen molar-refractivity contribution in [3.63, 3.8) is 0 Å². The van der Waals surface area contributed by atoms with Crippen molar-refractivity contribution in [2.45, 2.75) is 45.3 Å². The van der Waals surface area contributed by atoms with Crippen LogP contribution in [0.4, 0.5) is 10.5 Å². The zero-order valence-electron chi connectivity index (χ0n) is 19.6. The Balaban J connectivity index is 1.52. The maximum atomic E-state index is 11.7. The minimum Gasteiger partial charge on any atom is -0.489 e. The molecule has 5 heteroatoms. The van der Waals surface area contributed by atoms with Crippen molar-refractivity contribution in [3.8, 4) is 5.75 Å². The molecule has 0 aliphatic carbocycles. The number of hydrogen-bond acceptors (Lipinski definition) is 3. The smallest absolute Gasteiger partial charge is 0.318 e. The van der Waals surface area contributed by atoms with Gasteiger partial charge < -0.3 is 20.7 Å². The number of benzene rings is 3. The van der Waals surface area contributed by atoms with Gasteiger partial charge in [0.25, 0.3) is 0 Å². The van der Waals surface area contributed by atoms with Gasteiger partial charge in [0.15, 0.2) is 0 Å². The van der Waals surface area contributed by atoms with Gasteiger partial charge in [0.05, 0.1) is 0 Å². The van der Waals surface area contributed by atoms with Gasteiger partial charge in [0, 0.05) is 18.8 Å². The summed E-state index contributed by atoms with van der Waals surface area (Å²) in [6, 6.07) is 26.7. The Labute approximate surface area is 197 Å². The van der Waals surface area contributed by atoms with Crippen LogP contribution < -0.4 is 20.7 Å². The largest absolute Gasteiger partial charge is 0.489 e. The molecular formula is C28H35N3O2. The highest BCUT2D eigenvalue weighted by molar-refractivity contribution is 5.89. The first kappa shape index (κ1) is 24.3. The summed E-state index contributed by atoms with van der Waals surface area (Å²) in [5.41, 5.74) is 4.44. The predicted octanol–water partition coefficient (Wildman–Crippen LogP) is 6.08. The van der Waals surface area contributed by atoms with Crippen LogP contribution in [-0.2, 0) is 13.0 Å². The van der Waals surface area contributed by atoms with Crippen molar-refractivity contribution in [2.24, 2.45) is 0 Å². The molecule has 0 aromatic heterocycles.